The minimum absolute atomic E-state index is 0.0263. The molecule has 0 aliphatic carbocycles. The van der Waals surface area contributed by atoms with E-state index in [4.69, 9.17) is 5.11 Å². The molecular weight excluding hydrogens is 142 g/mol. The first-order chi connectivity index (χ1) is 5.25. The minimum atomic E-state index is -0.0263. The van der Waals surface area contributed by atoms with Crippen LogP contribution in [0.25, 0.3) is 0 Å². The molecule has 3 heteroatoms. The fraction of sp³-hybridized carbons (Fsp3) is 0.375. The zero-order valence-electron chi connectivity index (χ0n) is 6.45. The van der Waals surface area contributed by atoms with Gasteiger partial charge in [0.05, 0.1) is 0 Å². The third-order valence-electron chi connectivity index (χ3n) is 1.58. The van der Waals surface area contributed by atoms with Crippen LogP contribution in [0.4, 0.5) is 0 Å². The van der Waals surface area contributed by atoms with Gasteiger partial charge in [0, 0.05) is 31.8 Å². The van der Waals surface area contributed by atoms with Crippen LogP contribution >= 0.6 is 0 Å². The minimum Gasteiger partial charge on any atom is -0.396 e. The molecule has 1 aromatic heterocycles. The molecule has 0 atom stereocenters. The molecule has 0 aliphatic rings. The average Bonchev–Trinajstić information content (AvgIpc) is 1.99. The molecule has 1 heterocycles. The smallest absolute Gasteiger partial charge is 0.253 e. The van der Waals surface area contributed by atoms with Crippen LogP contribution in [-0.4, -0.2) is 16.3 Å². The Morgan fingerprint density at radius 3 is 3.00 bits per heavy atom. The molecule has 60 valence electrons. The predicted octanol–water partition coefficient (Wildman–Crippen LogP) is -0.0799. The van der Waals surface area contributed by atoms with Gasteiger partial charge in [-0.05, 0) is 6.07 Å². The number of hydrogen-bond donors (Lipinski definition) is 1. The van der Waals surface area contributed by atoms with E-state index in [-0.39, 0.29) is 12.2 Å². The molecule has 0 bridgehead atoms. The van der Waals surface area contributed by atoms with Gasteiger partial charge in [0.2, 0.25) is 0 Å². The van der Waals surface area contributed by atoms with Gasteiger partial charge in [0.1, 0.15) is 0 Å². The van der Waals surface area contributed by atoms with Crippen molar-refractivity contribution in [1.29, 1.82) is 0 Å². The first-order valence-electron chi connectivity index (χ1n) is 3.51. The van der Waals surface area contributed by atoms with E-state index in [1.54, 1.807) is 25.4 Å². The summed E-state index contributed by atoms with van der Waals surface area (Å²) in [6.45, 7) is 0.0270. The Hall–Kier alpha value is -1.09. The first kappa shape index (κ1) is 8.01. The number of aromatic nitrogens is 1. The number of hydrogen-bond acceptors (Lipinski definition) is 2. The molecule has 11 heavy (non-hydrogen) atoms. The maximum atomic E-state index is 11.2. The molecule has 0 amide bonds. The summed E-state index contributed by atoms with van der Waals surface area (Å²) < 4.78 is 1.50. The van der Waals surface area contributed by atoms with E-state index < -0.39 is 0 Å². The van der Waals surface area contributed by atoms with Gasteiger partial charge in [0.25, 0.3) is 5.56 Å². The fourth-order valence-corrected chi connectivity index (χ4v) is 0.965. The van der Waals surface area contributed by atoms with Crippen molar-refractivity contribution in [2.24, 2.45) is 7.05 Å². The van der Waals surface area contributed by atoms with Gasteiger partial charge in [-0.3, -0.25) is 4.79 Å². The Morgan fingerprint density at radius 2 is 2.36 bits per heavy atom. The van der Waals surface area contributed by atoms with E-state index in [0.29, 0.717) is 12.0 Å². The van der Waals surface area contributed by atoms with Crippen molar-refractivity contribution in [3.63, 3.8) is 0 Å². The van der Waals surface area contributed by atoms with Crippen LogP contribution in [0.1, 0.15) is 5.56 Å². The second-order valence-electron chi connectivity index (χ2n) is 2.42. The zero-order valence-corrected chi connectivity index (χ0v) is 6.45. The van der Waals surface area contributed by atoms with Gasteiger partial charge in [-0.1, -0.05) is 6.07 Å². The lowest BCUT2D eigenvalue weighted by Gasteiger charge is -1.99. The SMILES string of the molecule is Cn1cccc(CCO)c1=O. The topological polar surface area (TPSA) is 42.2 Å². The van der Waals surface area contributed by atoms with Crippen molar-refractivity contribution in [2.75, 3.05) is 6.61 Å². The lowest BCUT2D eigenvalue weighted by Crippen LogP contribution is -2.20. The summed E-state index contributed by atoms with van der Waals surface area (Å²) in [7, 11) is 1.70. The van der Waals surface area contributed by atoms with Crippen LogP contribution in [0.5, 0.6) is 0 Å². The monoisotopic (exact) mass is 153 g/mol. The molecule has 1 rings (SSSR count). The van der Waals surface area contributed by atoms with Gasteiger partial charge < -0.3 is 9.67 Å². The van der Waals surface area contributed by atoms with E-state index in [1.165, 1.54) is 4.57 Å². The van der Waals surface area contributed by atoms with Crippen LogP contribution in [0.15, 0.2) is 23.1 Å². The van der Waals surface area contributed by atoms with Crippen LogP contribution in [0.3, 0.4) is 0 Å². The Morgan fingerprint density at radius 1 is 1.64 bits per heavy atom. The Labute approximate surface area is 64.9 Å². The molecule has 0 fully saturated rings. The molecule has 0 spiro atoms. The molecule has 0 aliphatic heterocycles. The van der Waals surface area contributed by atoms with Crippen molar-refractivity contribution in [3.8, 4) is 0 Å². The molecule has 0 saturated heterocycles. The van der Waals surface area contributed by atoms with Crippen molar-refractivity contribution >= 4 is 0 Å². The van der Waals surface area contributed by atoms with Crippen molar-refractivity contribution in [3.05, 3.63) is 34.2 Å². The van der Waals surface area contributed by atoms with Crippen molar-refractivity contribution in [2.45, 2.75) is 6.42 Å². The molecule has 3 nitrogen and oxygen atoms in total. The van der Waals surface area contributed by atoms with Gasteiger partial charge >= 0.3 is 0 Å². The van der Waals surface area contributed by atoms with E-state index in [0.717, 1.165) is 0 Å². The maximum absolute atomic E-state index is 11.2. The van der Waals surface area contributed by atoms with Crippen molar-refractivity contribution < 1.29 is 5.11 Å². The van der Waals surface area contributed by atoms with Crippen LogP contribution in [0.2, 0.25) is 0 Å². The van der Waals surface area contributed by atoms with Crippen LogP contribution < -0.4 is 5.56 Å². The second-order valence-corrected chi connectivity index (χ2v) is 2.42. The number of nitrogens with zero attached hydrogens (tertiary/aromatic N) is 1. The summed E-state index contributed by atoms with van der Waals surface area (Å²) in [6.07, 6.45) is 2.14. The lowest BCUT2D eigenvalue weighted by molar-refractivity contribution is 0.299. The fourth-order valence-electron chi connectivity index (χ4n) is 0.965. The Balaban J connectivity index is 3.07. The van der Waals surface area contributed by atoms with E-state index in [1.807, 2.05) is 0 Å². The largest absolute Gasteiger partial charge is 0.396 e. The molecule has 1 aromatic rings. The zero-order chi connectivity index (χ0) is 8.27. The normalized spacial score (nSPS) is 10.0. The van der Waals surface area contributed by atoms with Gasteiger partial charge in [-0.15, -0.1) is 0 Å². The highest BCUT2D eigenvalue weighted by Crippen LogP contribution is 1.90. The first-order valence-corrected chi connectivity index (χ1v) is 3.51. The summed E-state index contributed by atoms with van der Waals surface area (Å²) in [5, 5.41) is 8.59. The summed E-state index contributed by atoms with van der Waals surface area (Å²) in [6, 6.07) is 3.53. The quantitative estimate of drug-likeness (QED) is 0.645. The highest BCUT2D eigenvalue weighted by atomic mass is 16.3. The van der Waals surface area contributed by atoms with Gasteiger partial charge in [0.15, 0.2) is 0 Å². The Kier molecular flexibility index (Phi) is 2.44. The third-order valence-corrected chi connectivity index (χ3v) is 1.58. The summed E-state index contributed by atoms with van der Waals surface area (Å²) in [5.41, 5.74) is 0.638. The highest BCUT2D eigenvalue weighted by molar-refractivity contribution is 5.10. The molecule has 0 aromatic carbocycles. The molecule has 0 radical (unpaired) electrons. The number of pyridine rings is 1. The van der Waals surface area contributed by atoms with Gasteiger partial charge in [-0.25, -0.2) is 0 Å². The van der Waals surface area contributed by atoms with E-state index in [9.17, 15) is 4.79 Å². The summed E-state index contributed by atoms with van der Waals surface area (Å²) in [4.78, 5) is 11.2. The number of aliphatic hydroxyl groups excluding tert-OH is 1. The van der Waals surface area contributed by atoms with Crippen LogP contribution in [-0.2, 0) is 13.5 Å². The number of rotatable bonds is 2. The average molecular weight is 153 g/mol. The number of aliphatic hydroxyl groups is 1. The third kappa shape index (κ3) is 1.68. The summed E-state index contributed by atoms with van der Waals surface area (Å²) in [5.74, 6) is 0. The molecular formula is C8H11NO2. The second kappa shape index (κ2) is 3.34. The molecule has 0 saturated carbocycles. The molecule has 1 N–H and O–H groups in total. The lowest BCUT2D eigenvalue weighted by atomic mass is 10.2. The van der Waals surface area contributed by atoms with Crippen LogP contribution in [0, 0.1) is 0 Å². The maximum Gasteiger partial charge on any atom is 0.253 e. The highest BCUT2D eigenvalue weighted by Gasteiger charge is 1.97. The predicted molar refractivity (Wildman–Crippen MR) is 42.5 cm³/mol. The summed E-state index contributed by atoms with van der Waals surface area (Å²) >= 11 is 0. The van der Waals surface area contributed by atoms with Gasteiger partial charge in [-0.2, -0.15) is 0 Å². The standard InChI is InChI=1S/C8H11NO2/c1-9-5-2-3-7(4-6-10)8(9)11/h2-3,5,10H,4,6H2,1H3. The van der Waals surface area contributed by atoms with E-state index >= 15 is 0 Å². The number of aryl methyl sites for hydroxylation is 1. The van der Waals surface area contributed by atoms with Crippen molar-refractivity contribution in [1.82, 2.24) is 4.57 Å². The van der Waals surface area contributed by atoms with E-state index in [2.05, 4.69) is 0 Å². The Bertz CT molecular complexity index is 290. The molecule has 0 unspecified atom stereocenters.